The van der Waals surface area contributed by atoms with Crippen molar-refractivity contribution >= 4 is 27.6 Å². The highest BCUT2D eigenvalue weighted by atomic mass is 35.5. The van der Waals surface area contributed by atoms with Gasteiger partial charge in [-0.25, -0.2) is 18.4 Å². The number of sulfonamides is 1. The van der Waals surface area contributed by atoms with E-state index in [-0.39, 0.29) is 24.2 Å². The maximum Gasteiger partial charge on any atom is 0.243 e. The minimum atomic E-state index is -4.14. The summed E-state index contributed by atoms with van der Waals surface area (Å²) in [6.07, 6.45) is 3.51. The smallest absolute Gasteiger partial charge is 0.243 e. The van der Waals surface area contributed by atoms with Crippen LogP contribution in [-0.2, 0) is 21.8 Å². The average molecular weight is 563 g/mol. The van der Waals surface area contributed by atoms with Crippen LogP contribution >= 0.6 is 11.6 Å². The van der Waals surface area contributed by atoms with Gasteiger partial charge in [0.05, 0.1) is 19.2 Å². The number of hydrogen-bond acceptors (Lipinski definition) is 10. The van der Waals surface area contributed by atoms with Crippen LogP contribution in [0.25, 0.3) is 17.2 Å². The molecule has 38 heavy (non-hydrogen) atoms. The molecule has 0 aliphatic rings. The Morgan fingerprint density at radius 2 is 1.74 bits per heavy atom. The van der Waals surface area contributed by atoms with Gasteiger partial charge in [0.2, 0.25) is 16.0 Å². The second kappa shape index (κ2) is 11.3. The van der Waals surface area contributed by atoms with Crippen LogP contribution in [0.2, 0.25) is 5.02 Å². The van der Waals surface area contributed by atoms with Crippen LogP contribution in [0.3, 0.4) is 0 Å². The Labute approximate surface area is 224 Å². The number of methoxy groups -OCH3 is 2. The lowest BCUT2D eigenvalue weighted by Gasteiger charge is -2.23. The van der Waals surface area contributed by atoms with Crippen molar-refractivity contribution in [3.8, 4) is 28.7 Å². The Morgan fingerprint density at radius 3 is 2.29 bits per heavy atom. The lowest BCUT2D eigenvalue weighted by Crippen LogP contribution is -2.34. The van der Waals surface area contributed by atoms with E-state index in [4.69, 9.17) is 25.8 Å². The van der Waals surface area contributed by atoms with Gasteiger partial charge in [-0.15, -0.1) is 10.2 Å². The third-order valence-corrected chi connectivity index (χ3v) is 7.51. The maximum atomic E-state index is 13.7. The molecule has 1 N–H and O–H groups in total. The first-order valence-corrected chi connectivity index (χ1v) is 13.4. The van der Waals surface area contributed by atoms with Crippen molar-refractivity contribution < 1.29 is 22.6 Å². The molecule has 0 saturated carbocycles. The van der Waals surface area contributed by atoms with Crippen molar-refractivity contribution in [2.24, 2.45) is 7.05 Å². The lowest BCUT2D eigenvalue weighted by molar-refractivity contribution is 0.0558. The molecule has 2 atom stereocenters. The highest BCUT2D eigenvalue weighted by molar-refractivity contribution is 7.93. The Morgan fingerprint density at radius 1 is 1.08 bits per heavy atom. The van der Waals surface area contributed by atoms with Gasteiger partial charge in [0.25, 0.3) is 0 Å². The van der Waals surface area contributed by atoms with Crippen molar-refractivity contribution in [2.75, 3.05) is 25.5 Å². The first-order valence-electron chi connectivity index (χ1n) is 11.5. The summed E-state index contributed by atoms with van der Waals surface area (Å²) >= 11 is 5.91. The molecule has 13 nitrogen and oxygen atoms in total. The molecule has 4 aromatic rings. The summed E-state index contributed by atoms with van der Waals surface area (Å²) in [6, 6.07) is 6.90. The fraction of sp³-hybridized carbons (Fsp3) is 0.348. The van der Waals surface area contributed by atoms with Gasteiger partial charge in [0.15, 0.2) is 11.6 Å². The number of ether oxygens (including phenoxy) is 3. The van der Waals surface area contributed by atoms with Crippen molar-refractivity contribution in [2.45, 2.75) is 25.2 Å². The molecule has 0 unspecified atom stereocenters. The number of halogens is 1. The number of benzene rings is 1. The number of nitrogens with zero attached hydrogens (tertiary/aromatic N) is 7. The molecule has 1 aromatic carbocycles. The molecule has 0 bridgehead atoms. The summed E-state index contributed by atoms with van der Waals surface area (Å²) in [5.74, 6) is 1.14. The summed E-state index contributed by atoms with van der Waals surface area (Å²) in [4.78, 5) is 8.32. The van der Waals surface area contributed by atoms with E-state index >= 15 is 0 Å². The van der Waals surface area contributed by atoms with Gasteiger partial charge in [-0.3, -0.25) is 14.0 Å². The van der Waals surface area contributed by atoms with E-state index in [9.17, 15) is 8.42 Å². The topological polar surface area (TPSA) is 148 Å². The van der Waals surface area contributed by atoms with Gasteiger partial charge in [0.1, 0.15) is 34.2 Å². The normalized spacial score (nSPS) is 13.2. The first-order chi connectivity index (χ1) is 18.2. The largest absolute Gasteiger partial charge is 0.494 e. The van der Waals surface area contributed by atoms with Gasteiger partial charge in [-0.05, 0) is 32.0 Å². The van der Waals surface area contributed by atoms with E-state index < -0.39 is 21.4 Å². The summed E-state index contributed by atoms with van der Waals surface area (Å²) in [5.41, 5.74) is 0.837. The molecular formula is C23H27ClN8O5S. The minimum Gasteiger partial charge on any atom is -0.494 e. The van der Waals surface area contributed by atoms with Gasteiger partial charge >= 0.3 is 0 Å². The zero-order valence-corrected chi connectivity index (χ0v) is 22.9. The Bertz CT molecular complexity index is 1480. The van der Waals surface area contributed by atoms with Crippen LogP contribution in [0, 0.1) is 0 Å². The maximum absolute atomic E-state index is 13.7. The SMILES string of the molecule is CCO[C@@H](c1ncc(Cl)cn1)[C@@H](C)S(=O)(=O)Nc1nnc(-c2ccn(C)n2)n1-c1c(OC)cccc1OC. The molecule has 0 radical (unpaired) electrons. The molecule has 0 spiro atoms. The minimum absolute atomic E-state index is 0.104. The highest BCUT2D eigenvalue weighted by Crippen LogP contribution is 2.37. The second-order valence-electron chi connectivity index (χ2n) is 8.06. The molecule has 0 fully saturated rings. The summed E-state index contributed by atoms with van der Waals surface area (Å²) in [7, 11) is 0.599. The molecule has 0 saturated heterocycles. The number of hydrogen-bond donors (Lipinski definition) is 1. The average Bonchev–Trinajstić information content (AvgIpc) is 3.52. The van der Waals surface area contributed by atoms with Crippen LogP contribution in [0.1, 0.15) is 25.8 Å². The molecule has 4 rings (SSSR count). The fourth-order valence-electron chi connectivity index (χ4n) is 3.77. The number of aromatic nitrogens is 7. The molecule has 202 valence electrons. The number of aryl methyl sites for hydroxylation is 1. The third kappa shape index (κ3) is 5.42. The first kappa shape index (κ1) is 27.3. The van der Waals surface area contributed by atoms with E-state index in [1.54, 1.807) is 49.1 Å². The van der Waals surface area contributed by atoms with Crippen molar-refractivity contribution in [3.63, 3.8) is 0 Å². The van der Waals surface area contributed by atoms with E-state index in [0.717, 1.165) is 0 Å². The molecular weight excluding hydrogens is 536 g/mol. The van der Waals surface area contributed by atoms with Crippen LogP contribution in [-0.4, -0.2) is 69.0 Å². The van der Waals surface area contributed by atoms with Crippen LogP contribution < -0.4 is 14.2 Å². The van der Waals surface area contributed by atoms with Crippen LogP contribution in [0.5, 0.6) is 11.5 Å². The zero-order chi connectivity index (χ0) is 27.4. The van der Waals surface area contributed by atoms with Gasteiger partial charge < -0.3 is 14.2 Å². The van der Waals surface area contributed by atoms with Crippen molar-refractivity contribution in [3.05, 3.63) is 53.7 Å². The number of para-hydroxylation sites is 1. The molecule has 15 heteroatoms. The monoisotopic (exact) mass is 562 g/mol. The summed E-state index contributed by atoms with van der Waals surface area (Å²) < 4.78 is 49.8. The molecule has 0 aliphatic heterocycles. The zero-order valence-electron chi connectivity index (χ0n) is 21.4. The van der Waals surface area contributed by atoms with Crippen molar-refractivity contribution in [1.29, 1.82) is 0 Å². The molecule has 0 amide bonds. The lowest BCUT2D eigenvalue weighted by atomic mass is 10.2. The van der Waals surface area contributed by atoms with E-state index in [0.29, 0.717) is 27.9 Å². The van der Waals surface area contributed by atoms with E-state index in [1.807, 2.05) is 0 Å². The van der Waals surface area contributed by atoms with Crippen molar-refractivity contribution in [1.82, 2.24) is 34.5 Å². The standard InChI is InChI=1S/C23H27ClN8O5S/c1-6-37-20(21-25-12-15(24)13-26-21)14(2)38(33,34)30-23-28-27-22(16-10-11-31(3)29-16)32(23)19-17(35-4)8-7-9-18(19)36-5/h7-14,20H,6H2,1-5H3,(H,28,30)/t14-,20-/m1/s1. The Kier molecular flexibility index (Phi) is 8.14. The number of anilines is 1. The Balaban J connectivity index is 1.82. The molecule has 3 aromatic heterocycles. The van der Waals surface area contributed by atoms with E-state index in [1.165, 1.54) is 38.1 Å². The molecule has 3 heterocycles. The molecule has 0 aliphatic carbocycles. The Hall–Kier alpha value is -3.75. The quantitative estimate of drug-likeness (QED) is 0.289. The summed E-state index contributed by atoms with van der Waals surface area (Å²) in [6.45, 7) is 3.47. The predicted octanol–water partition coefficient (Wildman–Crippen LogP) is 3.04. The summed E-state index contributed by atoms with van der Waals surface area (Å²) in [5, 5.41) is 12.0. The fourth-order valence-corrected chi connectivity index (χ4v) is 4.96. The van der Waals surface area contributed by atoms with Crippen LogP contribution in [0.15, 0.2) is 42.9 Å². The van der Waals surface area contributed by atoms with Gasteiger partial charge in [-0.1, -0.05) is 17.7 Å². The van der Waals surface area contributed by atoms with E-state index in [2.05, 4.69) is 30.0 Å². The second-order valence-corrected chi connectivity index (χ2v) is 10.5. The van der Waals surface area contributed by atoms with Gasteiger partial charge in [-0.2, -0.15) is 5.10 Å². The highest BCUT2D eigenvalue weighted by Gasteiger charge is 2.35. The third-order valence-electron chi connectivity index (χ3n) is 5.62. The van der Waals surface area contributed by atoms with Crippen LogP contribution in [0.4, 0.5) is 5.95 Å². The van der Waals surface area contributed by atoms with Gasteiger partial charge in [0, 0.05) is 32.2 Å². The predicted molar refractivity (Wildman–Crippen MR) is 140 cm³/mol. The number of rotatable bonds is 11. The number of nitrogens with one attached hydrogen (secondary N) is 1.